The van der Waals surface area contributed by atoms with Gasteiger partial charge in [-0.3, -0.25) is 0 Å². The van der Waals surface area contributed by atoms with Crippen LogP contribution in [0.1, 0.15) is 89.0 Å². The second-order valence-electron chi connectivity index (χ2n) is 7.35. The van der Waals surface area contributed by atoms with Crippen molar-refractivity contribution in [2.24, 2.45) is 16.7 Å². The van der Waals surface area contributed by atoms with Crippen molar-refractivity contribution in [2.45, 2.75) is 89.0 Å². The smallest absolute Gasteiger partial charge is 0.0354 e. The van der Waals surface area contributed by atoms with Crippen LogP contribution in [-0.4, -0.2) is 0 Å². The molecule has 1 aliphatic rings. The summed E-state index contributed by atoms with van der Waals surface area (Å²) in [5.41, 5.74) is 1.08. The third-order valence-corrected chi connectivity index (χ3v) is 2.58. The van der Waals surface area contributed by atoms with Gasteiger partial charge in [0, 0.05) is 0 Å². The van der Waals surface area contributed by atoms with Gasteiger partial charge in [-0.2, -0.15) is 0 Å². The first-order valence-electron chi connectivity index (χ1n) is 6.11. The summed E-state index contributed by atoms with van der Waals surface area (Å²) in [6, 6.07) is 0. The van der Waals surface area contributed by atoms with E-state index in [4.69, 9.17) is 0 Å². The molecule has 0 unspecified atom stereocenters. The van der Waals surface area contributed by atoms with Gasteiger partial charge >= 0.3 is 0 Å². The summed E-state index contributed by atoms with van der Waals surface area (Å²) in [4.78, 5) is 0. The van der Waals surface area contributed by atoms with Crippen LogP contribution in [0.25, 0.3) is 0 Å². The normalized spacial score (nSPS) is 16.7. The first-order chi connectivity index (χ1) is 6.11. The minimum Gasteiger partial charge on any atom is -0.0776 e. The lowest BCUT2D eigenvalue weighted by Gasteiger charge is -2.26. The van der Waals surface area contributed by atoms with Crippen molar-refractivity contribution in [3.63, 3.8) is 0 Å². The summed E-state index contributed by atoms with van der Waals surface area (Å²) >= 11 is 0. The summed E-state index contributed by atoms with van der Waals surface area (Å²) < 4.78 is 0. The Morgan fingerprint density at radius 2 is 0.938 bits per heavy atom. The van der Waals surface area contributed by atoms with Crippen LogP contribution in [0.5, 0.6) is 0 Å². The van der Waals surface area contributed by atoms with Crippen LogP contribution in [0, 0.1) is 16.7 Å². The fourth-order valence-electron chi connectivity index (χ4n) is 1.79. The highest BCUT2D eigenvalue weighted by molar-refractivity contribution is 4.78. The number of hydrogen-bond donors (Lipinski definition) is 0. The van der Waals surface area contributed by atoms with Crippen molar-refractivity contribution < 1.29 is 0 Å². The summed E-state index contributed by atoms with van der Waals surface area (Å²) in [6.45, 7) is 15.8. The van der Waals surface area contributed by atoms with E-state index in [2.05, 4.69) is 48.5 Å². The van der Waals surface area contributed by atoms with Crippen LogP contribution in [0.4, 0.5) is 0 Å². The zero-order chi connectivity index (χ0) is 11.4. The van der Waals surface area contributed by atoms with E-state index >= 15 is 0 Å². The van der Waals surface area contributed by atoms with E-state index < -0.39 is 0 Å². The molecule has 0 aromatic carbocycles. The van der Waals surface area contributed by atoms with E-state index in [-0.39, 0.29) is 14.9 Å². The molecule has 0 bridgehead atoms. The lowest BCUT2D eigenvalue weighted by molar-refractivity contribution is 0.246. The molecule has 0 aliphatic heterocycles. The van der Waals surface area contributed by atoms with Gasteiger partial charge in [-0.25, -0.2) is 0 Å². The van der Waals surface area contributed by atoms with E-state index in [1.807, 2.05) is 0 Å². The minimum absolute atomic E-state index is 0. The summed E-state index contributed by atoms with van der Waals surface area (Å²) in [6.07, 6.45) is 5.90. The second kappa shape index (κ2) is 8.14. The molecular weight excluding hydrogens is 192 g/mol. The predicted molar refractivity (Wildman–Crippen MR) is 80.0 cm³/mol. The molecule has 1 fully saturated rings. The molecule has 0 saturated heterocycles. The van der Waals surface area contributed by atoms with Gasteiger partial charge in [0.15, 0.2) is 0 Å². The van der Waals surface area contributed by atoms with Crippen LogP contribution in [0.15, 0.2) is 0 Å². The van der Waals surface area contributed by atoms with Gasteiger partial charge in [-0.1, -0.05) is 76.2 Å². The summed E-state index contributed by atoms with van der Waals surface area (Å²) in [5, 5.41) is 0. The third kappa shape index (κ3) is 14.0. The standard InChI is InChI=1S/C9H18.C5H12.2CH4/c1-9(2,3)8-6-4-5-7-8;1-5(2,3)4;;/h8H,4-7H2,1-3H3;1-4H3;2*1H4. The molecular formula is C16H38. The lowest BCUT2D eigenvalue weighted by atomic mass is 9.80. The second-order valence-corrected chi connectivity index (χ2v) is 7.35. The zero-order valence-corrected chi connectivity index (χ0v) is 11.4. The Hall–Kier alpha value is 0. The highest BCUT2D eigenvalue weighted by Crippen LogP contribution is 2.38. The van der Waals surface area contributed by atoms with Gasteiger partial charge in [0.25, 0.3) is 0 Å². The third-order valence-electron chi connectivity index (χ3n) is 2.58. The average molecular weight is 230 g/mol. The molecule has 0 heterocycles. The monoisotopic (exact) mass is 230 g/mol. The number of rotatable bonds is 0. The predicted octanol–water partition coefficient (Wildman–Crippen LogP) is 6.55. The van der Waals surface area contributed by atoms with E-state index in [1.54, 1.807) is 0 Å². The quantitative estimate of drug-likeness (QED) is 0.443. The largest absolute Gasteiger partial charge is 0.0776 e. The molecule has 1 saturated carbocycles. The van der Waals surface area contributed by atoms with Crippen molar-refractivity contribution in [3.8, 4) is 0 Å². The van der Waals surface area contributed by atoms with Crippen LogP contribution in [0.2, 0.25) is 0 Å². The van der Waals surface area contributed by atoms with Gasteiger partial charge in [0.2, 0.25) is 0 Å². The van der Waals surface area contributed by atoms with E-state index in [0.717, 1.165) is 5.92 Å². The van der Waals surface area contributed by atoms with Crippen LogP contribution < -0.4 is 0 Å². The molecule has 1 aliphatic carbocycles. The maximum atomic E-state index is 2.36. The summed E-state index contributed by atoms with van der Waals surface area (Å²) in [5.74, 6) is 1.01. The highest BCUT2D eigenvalue weighted by Gasteiger charge is 2.26. The SMILES string of the molecule is C.C.CC(C)(C)C.CC(C)(C)C1CCCC1. The Bertz CT molecular complexity index is 130. The molecule has 0 radical (unpaired) electrons. The maximum Gasteiger partial charge on any atom is -0.0354 e. The molecule has 0 nitrogen and oxygen atoms in total. The molecule has 0 aromatic rings. The molecule has 0 aromatic heterocycles. The van der Waals surface area contributed by atoms with Gasteiger partial charge in [0.1, 0.15) is 0 Å². The van der Waals surface area contributed by atoms with Crippen LogP contribution in [-0.2, 0) is 0 Å². The van der Waals surface area contributed by atoms with Crippen molar-refractivity contribution in [3.05, 3.63) is 0 Å². The highest BCUT2D eigenvalue weighted by atomic mass is 14.3. The molecule has 0 atom stereocenters. The molecule has 0 amide bonds. The fraction of sp³-hybridized carbons (Fsp3) is 1.00. The van der Waals surface area contributed by atoms with E-state index in [0.29, 0.717) is 10.8 Å². The molecule has 1 rings (SSSR count). The van der Waals surface area contributed by atoms with Crippen LogP contribution in [0.3, 0.4) is 0 Å². The van der Waals surface area contributed by atoms with Gasteiger partial charge in [-0.15, -0.1) is 0 Å². The Morgan fingerprint density at radius 3 is 1.06 bits per heavy atom. The molecule has 0 heteroatoms. The van der Waals surface area contributed by atoms with Crippen molar-refractivity contribution in [2.75, 3.05) is 0 Å². The minimum atomic E-state index is 0. The van der Waals surface area contributed by atoms with E-state index in [1.165, 1.54) is 25.7 Å². The Balaban J connectivity index is -0.000000214. The van der Waals surface area contributed by atoms with Crippen molar-refractivity contribution in [1.82, 2.24) is 0 Å². The van der Waals surface area contributed by atoms with Gasteiger partial charge < -0.3 is 0 Å². The van der Waals surface area contributed by atoms with Crippen molar-refractivity contribution >= 4 is 0 Å². The topological polar surface area (TPSA) is 0 Å². The Kier molecular flexibility index (Phi) is 10.8. The first-order valence-corrected chi connectivity index (χ1v) is 6.11. The Morgan fingerprint density at radius 1 is 0.688 bits per heavy atom. The van der Waals surface area contributed by atoms with Crippen molar-refractivity contribution in [1.29, 1.82) is 0 Å². The fourth-order valence-corrected chi connectivity index (χ4v) is 1.79. The van der Waals surface area contributed by atoms with Gasteiger partial charge in [0.05, 0.1) is 0 Å². The average Bonchev–Trinajstić information content (AvgIpc) is 2.28. The van der Waals surface area contributed by atoms with Gasteiger partial charge in [-0.05, 0) is 29.6 Å². The first kappa shape index (κ1) is 21.3. The summed E-state index contributed by atoms with van der Waals surface area (Å²) in [7, 11) is 0. The Labute approximate surface area is 106 Å². The molecule has 0 spiro atoms. The zero-order valence-electron chi connectivity index (χ0n) is 11.4. The van der Waals surface area contributed by atoms with E-state index in [9.17, 15) is 0 Å². The molecule has 16 heavy (non-hydrogen) atoms. The molecule has 102 valence electrons. The number of hydrogen-bond acceptors (Lipinski definition) is 0. The lowest BCUT2D eigenvalue weighted by Crippen LogP contribution is -2.16. The maximum absolute atomic E-state index is 2.36. The molecule has 0 N–H and O–H groups in total. The van der Waals surface area contributed by atoms with Crippen LogP contribution >= 0.6 is 0 Å².